The Morgan fingerprint density at radius 1 is 1.10 bits per heavy atom. The number of aromatic nitrogens is 8. The minimum absolute atomic E-state index is 0.218. The molecule has 0 aliphatic heterocycles. The Hall–Kier alpha value is -3.34. The molecular formula is C20H22BrN9O. The van der Waals surface area contributed by atoms with E-state index >= 15 is 0 Å². The minimum Gasteiger partial charge on any atom is -0.351 e. The van der Waals surface area contributed by atoms with Crippen LogP contribution in [0, 0.1) is 13.8 Å². The summed E-state index contributed by atoms with van der Waals surface area (Å²) in [5, 5.41) is 24.1. The maximum Gasteiger partial charge on any atom is 0.271 e. The molecular weight excluding hydrogens is 462 g/mol. The molecule has 31 heavy (non-hydrogen) atoms. The molecule has 3 aromatic heterocycles. The van der Waals surface area contributed by atoms with Crippen LogP contribution >= 0.6 is 15.9 Å². The van der Waals surface area contributed by atoms with Crippen molar-refractivity contribution in [2.45, 2.75) is 33.5 Å². The van der Waals surface area contributed by atoms with Gasteiger partial charge in [0.05, 0.1) is 10.2 Å². The van der Waals surface area contributed by atoms with Crippen LogP contribution in [0.2, 0.25) is 0 Å². The van der Waals surface area contributed by atoms with Crippen molar-refractivity contribution in [1.29, 1.82) is 0 Å². The molecule has 1 N–H and O–H groups in total. The Bertz CT molecular complexity index is 1180. The summed E-state index contributed by atoms with van der Waals surface area (Å²) in [6.45, 7) is 5.51. The van der Waals surface area contributed by atoms with Crippen molar-refractivity contribution in [2.75, 3.05) is 6.54 Å². The molecule has 0 saturated heterocycles. The predicted molar refractivity (Wildman–Crippen MR) is 117 cm³/mol. The summed E-state index contributed by atoms with van der Waals surface area (Å²) in [5.41, 5.74) is 3.28. The Kier molecular flexibility index (Phi) is 6.21. The second-order valence-corrected chi connectivity index (χ2v) is 7.84. The maximum atomic E-state index is 12.4. The topological polar surface area (TPSA) is 108 Å². The zero-order chi connectivity index (χ0) is 21.8. The first-order valence-electron chi connectivity index (χ1n) is 9.85. The number of aryl methyl sites for hydroxylation is 2. The lowest BCUT2D eigenvalue weighted by atomic mass is 10.2. The molecule has 4 aromatic rings. The van der Waals surface area contributed by atoms with Crippen LogP contribution in [0.1, 0.15) is 28.3 Å². The largest absolute Gasteiger partial charge is 0.351 e. The summed E-state index contributed by atoms with van der Waals surface area (Å²) in [4.78, 5) is 13.8. The SMILES string of the molecule is Cc1nn(CCCNC(=O)c2ccn(Cn3nnc(-c4ccccc4)n3)n2)c(C)c1Br. The van der Waals surface area contributed by atoms with E-state index in [9.17, 15) is 4.79 Å². The molecule has 3 heterocycles. The molecule has 0 radical (unpaired) electrons. The quantitative estimate of drug-likeness (QED) is 0.385. The lowest BCUT2D eigenvalue weighted by molar-refractivity contribution is 0.0946. The summed E-state index contributed by atoms with van der Waals surface area (Å²) in [6, 6.07) is 11.3. The fraction of sp³-hybridized carbons (Fsp3) is 0.300. The number of nitrogens with zero attached hydrogens (tertiary/aromatic N) is 8. The van der Waals surface area contributed by atoms with Crippen LogP contribution in [0.25, 0.3) is 11.4 Å². The van der Waals surface area contributed by atoms with E-state index in [-0.39, 0.29) is 12.6 Å². The molecule has 1 aromatic carbocycles. The van der Waals surface area contributed by atoms with E-state index in [2.05, 4.69) is 46.9 Å². The van der Waals surface area contributed by atoms with Crippen molar-refractivity contribution in [2.24, 2.45) is 0 Å². The van der Waals surface area contributed by atoms with Gasteiger partial charge in [-0.15, -0.1) is 15.0 Å². The average Bonchev–Trinajstić information content (AvgIpc) is 3.50. The molecule has 0 saturated carbocycles. The Morgan fingerprint density at radius 2 is 1.90 bits per heavy atom. The second kappa shape index (κ2) is 9.21. The van der Waals surface area contributed by atoms with Crippen molar-refractivity contribution >= 4 is 21.8 Å². The monoisotopic (exact) mass is 483 g/mol. The van der Waals surface area contributed by atoms with E-state index in [1.807, 2.05) is 48.9 Å². The minimum atomic E-state index is -0.218. The normalized spacial score (nSPS) is 11.1. The number of carbonyl (C=O) groups is 1. The number of tetrazole rings is 1. The molecule has 0 fully saturated rings. The van der Waals surface area contributed by atoms with Gasteiger partial charge in [0.2, 0.25) is 5.82 Å². The predicted octanol–water partition coefficient (Wildman–Crippen LogP) is 2.44. The fourth-order valence-electron chi connectivity index (χ4n) is 3.11. The number of hydrogen-bond donors (Lipinski definition) is 1. The molecule has 0 aliphatic rings. The summed E-state index contributed by atoms with van der Waals surface area (Å²) < 4.78 is 4.56. The van der Waals surface area contributed by atoms with Crippen LogP contribution < -0.4 is 5.32 Å². The smallest absolute Gasteiger partial charge is 0.271 e. The summed E-state index contributed by atoms with van der Waals surface area (Å²) >= 11 is 3.52. The number of carbonyl (C=O) groups excluding carboxylic acids is 1. The van der Waals surface area contributed by atoms with Crippen LogP contribution in [0.3, 0.4) is 0 Å². The van der Waals surface area contributed by atoms with E-state index in [1.54, 1.807) is 16.9 Å². The highest BCUT2D eigenvalue weighted by Crippen LogP contribution is 2.19. The first kappa shape index (κ1) is 20.9. The van der Waals surface area contributed by atoms with Crippen molar-refractivity contribution in [3.8, 4) is 11.4 Å². The first-order valence-corrected chi connectivity index (χ1v) is 10.6. The van der Waals surface area contributed by atoms with Gasteiger partial charge >= 0.3 is 0 Å². The molecule has 0 spiro atoms. The number of halogens is 1. The van der Waals surface area contributed by atoms with Gasteiger partial charge in [-0.25, -0.2) is 4.68 Å². The molecule has 160 valence electrons. The van der Waals surface area contributed by atoms with Gasteiger partial charge < -0.3 is 5.32 Å². The van der Waals surface area contributed by atoms with E-state index in [4.69, 9.17) is 0 Å². The van der Waals surface area contributed by atoms with Crippen LogP contribution in [0.4, 0.5) is 0 Å². The first-order chi connectivity index (χ1) is 15.0. The molecule has 1 amide bonds. The van der Waals surface area contributed by atoms with Crippen molar-refractivity contribution in [3.05, 3.63) is 64.1 Å². The molecule has 0 aliphatic carbocycles. The van der Waals surface area contributed by atoms with Crippen LogP contribution in [-0.2, 0) is 13.2 Å². The third-order valence-electron chi connectivity index (χ3n) is 4.75. The number of amides is 1. The number of nitrogens with one attached hydrogen (secondary N) is 1. The Labute approximate surface area is 187 Å². The van der Waals surface area contributed by atoms with Crippen molar-refractivity contribution in [1.82, 2.24) is 45.1 Å². The Morgan fingerprint density at radius 3 is 2.65 bits per heavy atom. The summed E-state index contributed by atoms with van der Waals surface area (Å²) in [7, 11) is 0. The third kappa shape index (κ3) is 4.88. The van der Waals surface area contributed by atoms with E-state index in [0.29, 0.717) is 18.1 Å². The number of rotatable bonds is 8. The molecule has 11 heteroatoms. The lowest BCUT2D eigenvalue weighted by Gasteiger charge is -2.06. The van der Waals surface area contributed by atoms with Gasteiger partial charge in [-0.3, -0.25) is 9.48 Å². The van der Waals surface area contributed by atoms with E-state index < -0.39 is 0 Å². The van der Waals surface area contributed by atoms with Gasteiger partial charge in [-0.2, -0.15) is 10.2 Å². The molecule has 10 nitrogen and oxygen atoms in total. The molecule has 4 rings (SSSR count). The van der Waals surface area contributed by atoms with Crippen LogP contribution in [-0.4, -0.2) is 52.2 Å². The van der Waals surface area contributed by atoms with Gasteiger partial charge in [-0.05, 0) is 47.5 Å². The molecule has 0 atom stereocenters. The van der Waals surface area contributed by atoms with Crippen molar-refractivity contribution < 1.29 is 4.79 Å². The van der Waals surface area contributed by atoms with Gasteiger partial charge in [0, 0.05) is 30.5 Å². The number of benzene rings is 1. The number of hydrogen-bond acceptors (Lipinski definition) is 6. The van der Waals surface area contributed by atoms with Gasteiger partial charge in [0.1, 0.15) is 5.69 Å². The standard InChI is InChI=1S/C20H22BrN9O/c1-14-18(21)15(2)29(24-14)11-6-10-22-20(31)17-9-12-28(25-17)13-30-26-19(23-27-30)16-7-4-3-5-8-16/h3-5,7-9,12H,6,10-11,13H2,1-2H3,(H,22,31). The van der Waals surface area contributed by atoms with Crippen LogP contribution in [0.5, 0.6) is 0 Å². The zero-order valence-corrected chi connectivity index (χ0v) is 18.8. The fourth-order valence-corrected chi connectivity index (χ4v) is 3.40. The average molecular weight is 484 g/mol. The van der Waals surface area contributed by atoms with E-state index in [0.717, 1.165) is 34.4 Å². The lowest BCUT2D eigenvalue weighted by Crippen LogP contribution is -2.26. The van der Waals surface area contributed by atoms with Gasteiger partial charge in [-0.1, -0.05) is 30.3 Å². The highest BCUT2D eigenvalue weighted by atomic mass is 79.9. The van der Waals surface area contributed by atoms with Gasteiger partial charge in [0.25, 0.3) is 5.91 Å². The maximum absolute atomic E-state index is 12.4. The molecule has 0 unspecified atom stereocenters. The summed E-state index contributed by atoms with van der Waals surface area (Å²) in [6.07, 6.45) is 2.49. The second-order valence-electron chi connectivity index (χ2n) is 7.05. The highest BCUT2D eigenvalue weighted by Gasteiger charge is 2.12. The third-order valence-corrected chi connectivity index (χ3v) is 5.90. The summed E-state index contributed by atoms with van der Waals surface area (Å²) in [5.74, 6) is 0.324. The van der Waals surface area contributed by atoms with Gasteiger partial charge in [0.15, 0.2) is 6.67 Å². The van der Waals surface area contributed by atoms with Crippen LogP contribution in [0.15, 0.2) is 47.1 Å². The molecule has 0 bridgehead atoms. The van der Waals surface area contributed by atoms with E-state index in [1.165, 1.54) is 4.80 Å². The van der Waals surface area contributed by atoms with Crippen molar-refractivity contribution in [3.63, 3.8) is 0 Å². The highest BCUT2D eigenvalue weighted by molar-refractivity contribution is 9.10. The Balaban J connectivity index is 1.28. The zero-order valence-electron chi connectivity index (χ0n) is 17.2.